The molecule has 1 aliphatic heterocycles. The second kappa shape index (κ2) is 6.05. The summed E-state index contributed by atoms with van der Waals surface area (Å²) in [5.74, 6) is 0.101. The van der Waals surface area contributed by atoms with Gasteiger partial charge in [-0.05, 0) is 25.0 Å². The molecule has 0 unspecified atom stereocenters. The molecule has 1 saturated heterocycles. The summed E-state index contributed by atoms with van der Waals surface area (Å²) in [6, 6.07) is 3.70. The van der Waals surface area contributed by atoms with Crippen LogP contribution in [0.5, 0.6) is 0 Å². The summed E-state index contributed by atoms with van der Waals surface area (Å²) < 4.78 is 5.38. The van der Waals surface area contributed by atoms with Gasteiger partial charge in [0.15, 0.2) is 0 Å². The van der Waals surface area contributed by atoms with Gasteiger partial charge in [0, 0.05) is 24.9 Å². The fourth-order valence-corrected chi connectivity index (χ4v) is 2.54. The van der Waals surface area contributed by atoms with Gasteiger partial charge in [-0.25, -0.2) is 0 Å². The molecule has 6 nitrogen and oxygen atoms in total. The molecule has 6 heteroatoms. The molecule has 1 amide bonds. The van der Waals surface area contributed by atoms with Crippen LogP contribution in [0.2, 0.25) is 0 Å². The summed E-state index contributed by atoms with van der Waals surface area (Å²) in [6.45, 7) is 3.31. The zero-order valence-corrected chi connectivity index (χ0v) is 11.9. The van der Waals surface area contributed by atoms with Crippen molar-refractivity contribution < 1.29 is 9.53 Å². The Kier molecular flexibility index (Phi) is 3.96. The van der Waals surface area contributed by atoms with Gasteiger partial charge in [0.1, 0.15) is 0 Å². The van der Waals surface area contributed by atoms with Crippen LogP contribution in [0, 0.1) is 0 Å². The van der Waals surface area contributed by atoms with E-state index >= 15 is 0 Å². The van der Waals surface area contributed by atoms with Crippen molar-refractivity contribution in [2.24, 2.45) is 0 Å². The Bertz CT molecular complexity index is 605. The number of hydrogen-bond acceptors (Lipinski definition) is 4. The van der Waals surface area contributed by atoms with E-state index in [0.717, 1.165) is 24.3 Å². The van der Waals surface area contributed by atoms with Gasteiger partial charge >= 0.3 is 0 Å². The zero-order chi connectivity index (χ0) is 14.7. The lowest BCUT2D eigenvalue weighted by Gasteiger charge is -2.14. The first-order chi connectivity index (χ1) is 10.3. The van der Waals surface area contributed by atoms with Gasteiger partial charge in [0.05, 0.1) is 30.1 Å². The van der Waals surface area contributed by atoms with Crippen LogP contribution in [-0.2, 0) is 4.74 Å². The minimum absolute atomic E-state index is 0.103. The Morgan fingerprint density at radius 3 is 3.14 bits per heavy atom. The molecule has 110 valence electrons. The van der Waals surface area contributed by atoms with E-state index in [9.17, 15) is 4.79 Å². The van der Waals surface area contributed by atoms with Crippen LogP contribution in [0.25, 0.3) is 0 Å². The maximum atomic E-state index is 12.4. The molecular weight excluding hydrogens is 268 g/mol. The maximum absolute atomic E-state index is 12.4. The van der Waals surface area contributed by atoms with Crippen molar-refractivity contribution in [1.29, 1.82) is 0 Å². The number of aromatic nitrogens is 3. The minimum Gasteiger partial charge on any atom is -0.381 e. The summed E-state index contributed by atoms with van der Waals surface area (Å²) in [7, 11) is 0. The molecule has 0 aliphatic carbocycles. The molecular formula is C15H18N4O2. The monoisotopic (exact) mass is 286 g/mol. The van der Waals surface area contributed by atoms with Crippen LogP contribution in [0.1, 0.15) is 46.9 Å². The molecule has 2 aromatic heterocycles. The summed E-state index contributed by atoms with van der Waals surface area (Å²) in [5.41, 5.74) is 2.43. The van der Waals surface area contributed by atoms with Crippen LogP contribution >= 0.6 is 0 Å². The molecule has 3 heterocycles. The number of amides is 1. The summed E-state index contributed by atoms with van der Waals surface area (Å²) >= 11 is 0. The van der Waals surface area contributed by atoms with Crippen molar-refractivity contribution in [3.63, 3.8) is 0 Å². The highest BCUT2D eigenvalue weighted by atomic mass is 16.5. The number of carbonyl (C=O) groups excluding carboxylic acids is 1. The number of pyridine rings is 1. The van der Waals surface area contributed by atoms with Crippen molar-refractivity contribution in [3.05, 3.63) is 47.5 Å². The number of H-pyrrole nitrogens is 1. The smallest absolute Gasteiger partial charge is 0.255 e. The van der Waals surface area contributed by atoms with Gasteiger partial charge in [0.25, 0.3) is 5.91 Å². The standard InChI is InChI=1S/C15H18N4O2/c1-10(11-3-2-5-16-7-11)18-15(20)13-8-17-19-14(13)12-4-6-21-9-12/h2-3,5,7-8,10,12H,4,6,9H2,1H3,(H,17,19)(H,18,20)/t10-,12+/m0/s1. The van der Waals surface area contributed by atoms with E-state index < -0.39 is 0 Å². The van der Waals surface area contributed by atoms with Crippen LogP contribution in [0.4, 0.5) is 0 Å². The van der Waals surface area contributed by atoms with Crippen molar-refractivity contribution in [1.82, 2.24) is 20.5 Å². The molecule has 2 N–H and O–H groups in total. The van der Waals surface area contributed by atoms with Gasteiger partial charge in [-0.1, -0.05) is 6.07 Å². The van der Waals surface area contributed by atoms with Crippen molar-refractivity contribution in [2.75, 3.05) is 13.2 Å². The third kappa shape index (κ3) is 2.95. The number of rotatable bonds is 4. The molecule has 0 bridgehead atoms. The van der Waals surface area contributed by atoms with Crippen molar-refractivity contribution in [2.45, 2.75) is 25.3 Å². The summed E-state index contributed by atoms with van der Waals surface area (Å²) in [5, 5.41) is 9.94. The molecule has 0 spiro atoms. The zero-order valence-electron chi connectivity index (χ0n) is 11.9. The predicted molar refractivity (Wildman–Crippen MR) is 76.9 cm³/mol. The second-order valence-corrected chi connectivity index (χ2v) is 5.24. The van der Waals surface area contributed by atoms with E-state index in [0.29, 0.717) is 12.2 Å². The third-order valence-electron chi connectivity index (χ3n) is 3.78. The van der Waals surface area contributed by atoms with Crippen molar-refractivity contribution >= 4 is 5.91 Å². The van der Waals surface area contributed by atoms with E-state index in [1.165, 1.54) is 0 Å². The largest absolute Gasteiger partial charge is 0.381 e. The number of hydrogen-bond donors (Lipinski definition) is 2. The van der Waals surface area contributed by atoms with E-state index in [4.69, 9.17) is 4.74 Å². The quantitative estimate of drug-likeness (QED) is 0.898. The first kappa shape index (κ1) is 13.8. The van der Waals surface area contributed by atoms with E-state index in [-0.39, 0.29) is 17.9 Å². The molecule has 0 saturated carbocycles. The normalized spacial score (nSPS) is 19.4. The third-order valence-corrected chi connectivity index (χ3v) is 3.78. The molecule has 0 radical (unpaired) electrons. The number of nitrogens with one attached hydrogen (secondary N) is 2. The average Bonchev–Trinajstić information content (AvgIpc) is 3.18. The van der Waals surface area contributed by atoms with Crippen LogP contribution in [0.3, 0.4) is 0 Å². The van der Waals surface area contributed by atoms with Gasteiger partial charge in [-0.15, -0.1) is 0 Å². The van der Waals surface area contributed by atoms with Gasteiger partial charge < -0.3 is 10.1 Å². The lowest BCUT2D eigenvalue weighted by Crippen LogP contribution is -2.27. The van der Waals surface area contributed by atoms with E-state index in [1.54, 1.807) is 18.6 Å². The number of aromatic amines is 1. The topological polar surface area (TPSA) is 79.9 Å². The lowest BCUT2D eigenvalue weighted by atomic mass is 10.0. The number of ether oxygens (including phenoxy) is 1. The minimum atomic E-state index is -0.123. The highest BCUT2D eigenvalue weighted by Gasteiger charge is 2.25. The molecule has 2 aromatic rings. The van der Waals surface area contributed by atoms with E-state index in [1.807, 2.05) is 19.1 Å². The molecule has 0 aromatic carbocycles. The molecule has 2 atom stereocenters. The summed E-state index contributed by atoms with van der Waals surface area (Å²) in [4.78, 5) is 16.5. The van der Waals surface area contributed by atoms with Crippen LogP contribution < -0.4 is 5.32 Å². The molecule has 1 aliphatic rings. The maximum Gasteiger partial charge on any atom is 0.255 e. The molecule has 1 fully saturated rings. The Balaban J connectivity index is 1.72. The van der Waals surface area contributed by atoms with Gasteiger partial charge in [-0.2, -0.15) is 5.10 Å². The number of nitrogens with zero attached hydrogens (tertiary/aromatic N) is 2. The number of carbonyl (C=O) groups is 1. The van der Waals surface area contributed by atoms with Crippen LogP contribution in [-0.4, -0.2) is 34.3 Å². The van der Waals surface area contributed by atoms with Crippen LogP contribution in [0.15, 0.2) is 30.7 Å². The Morgan fingerprint density at radius 2 is 2.43 bits per heavy atom. The summed E-state index contributed by atoms with van der Waals surface area (Å²) in [6.07, 6.45) is 5.97. The lowest BCUT2D eigenvalue weighted by molar-refractivity contribution is 0.0938. The van der Waals surface area contributed by atoms with E-state index in [2.05, 4.69) is 20.5 Å². The second-order valence-electron chi connectivity index (χ2n) is 5.24. The average molecular weight is 286 g/mol. The fourth-order valence-electron chi connectivity index (χ4n) is 2.54. The van der Waals surface area contributed by atoms with Crippen molar-refractivity contribution in [3.8, 4) is 0 Å². The fraction of sp³-hybridized carbons (Fsp3) is 0.400. The Labute approximate surface area is 122 Å². The molecule has 21 heavy (non-hydrogen) atoms. The first-order valence-corrected chi connectivity index (χ1v) is 7.07. The highest BCUT2D eigenvalue weighted by Crippen LogP contribution is 2.26. The first-order valence-electron chi connectivity index (χ1n) is 7.07. The SMILES string of the molecule is C[C@H](NC(=O)c1cn[nH]c1[C@@H]1CCOC1)c1cccnc1. The molecule has 3 rings (SSSR count). The Hall–Kier alpha value is -2.21. The highest BCUT2D eigenvalue weighted by molar-refractivity contribution is 5.95. The predicted octanol–water partition coefficient (Wildman–Crippen LogP) is 1.80. The van der Waals surface area contributed by atoms with Gasteiger partial charge in [-0.3, -0.25) is 14.9 Å². The Morgan fingerprint density at radius 1 is 1.52 bits per heavy atom. The van der Waals surface area contributed by atoms with Gasteiger partial charge in [0.2, 0.25) is 0 Å².